The van der Waals surface area contributed by atoms with Crippen molar-refractivity contribution in [3.8, 4) is 0 Å². The number of urea groups is 1. The van der Waals surface area contributed by atoms with E-state index in [1.165, 1.54) is 18.2 Å². The fraction of sp³-hybridized carbons (Fsp3) is 0.308. The van der Waals surface area contributed by atoms with Gasteiger partial charge in [0.1, 0.15) is 5.82 Å². The number of hydrogen-bond acceptors (Lipinski definition) is 2. The Morgan fingerprint density at radius 3 is 2.94 bits per heavy atom. The Hall–Kier alpha value is -1.88. The zero-order valence-electron chi connectivity index (χ0n) is 10.3. The van der Waals surface area contributed by atoms with Gasteiger partial charge in [-0.05, 0) is 25.1 Å². The van der Waals surface area contributed by atoms with Crippen molar-refractivity contribution in [2.45, 2.75) is 6.92 Å². The summed E-state index contributed by atoms with van der Waals surface area (Å²) in [6, 6.07) is 5.31. The van der Waals surface area contributed by atoms with Gasteiger partial charge in [-0.25, -0.2) is 9.18 Å². The standard InChI is InChI=1S/C13H17FN2O2/c1-10(2)9-18-7-6-15-13(17)16-12-5-3-4-11(14)8-12/h3-5,8H,1,6-7,9H2,2H3,(H2,15,16,17). The van der Waals surface area contributed by atoms with Crippen LogP contribution in [0.2, 0.25) is 0 Å². The second kappa shape index (κ2) is 7.45. The third kappa shape index (κ3) is 6.00. The lowest BCUT2D eigenvalue weighted by molar-refractivity contribution is 0.159. The maximum Gasteiger partial charge on any atom is 0.319 e. The highest BCUT2D eigenvalue weighted by Gasteiger charge is 2.01. The minimum absolute atomic E-state index is 0.383. The number of rotatable bonds is 6. The molecule has 5 heteroatoms. The first-order valence-corrected chi connectivity index (χ1v) is 5.60. The van der Waals surface area contributed by atoms with Crippen LogP contribution in [0.25, 0.3) is 0 Å². The summed E-state index contributed by atoms with van der Waals surface area (Å²) < 4.78 is 18.1. The molecule has 1 aromatic carbocycles. The Kier molecular flexibility index (Phi) is 5.87. The van der Waals surface area contributed by atoms with Crippen LogP contribution in [0.4, 0.5) is 14.9 Å². The van der Waals surface area contributed by atoms with E-state index < -0.39 is 5.82 Å². The average molecular weight is 252 g/mol. The minimum atomic E-state index is -0.391. The third-order valence-electron chi connectivity index (χ3n) is 1.96. The van der Waals surface area contributed by atoms with Crippen molar-refractivity contribution in [3.05, 3.63) is 42.2 Å². The fourth-order valence-electron chi connectivity index (χ4n) is 1.22. The van der Waals surface area contributed by atoms with Crippen LogP contribution in [0.1, 0.15) is 6.92 Å². The van der Waals surface area contributed by atoms with Gasteiger partial charge in [0.25, 0.3) is 0 Å². The molecule has 1 aromatic rings. The zero-order valence-corrected chi connectivity index (χ0v) is 10.3. The lowest BCUT2D eigenvalue weighted by Gasteiger charge is -2.08. The predicted octanol–water partition coefficient (Wildman–Crippen LogP) is 2.54. The molecule has 98 valence electrons. The zero-order chi connectivity index (χ0) is 13.4. The maximum atomic E-state index is 12.8. The van der Waals surface area contributed by atoms with Crippen LogP contribution in [0.5, 0.6) is 0 Å². The largest absolute Gasteiger partial charge is 0.375 e. The number of nitrogens with one attached hydrogen (secondary N) is 2. The van der Waals surface area contributed by atoms with Crippen molar-refractivity contribution in [3.63, 3.8) is 0 Å². The van der Waals surface area contributed by atoms with Crippen LogP contribution in [0.3, 0.4) is 0 Å². The van der Waals surface area contributed by atoms with E-state index in [0.717, 1.165) is 5.57 Å². The van der Waals surface area contributed by atoms with Crippen molar-refractivity contribution in [1.29, 1.82) is 0 Å². The van der Waals surface area contributed by atoms with E-state index in [1.54, 1.807) is 6.07 Å². The summed E-state index contributed by atoms with van der Waals surface area (Å²) in [4.78, 5) is 11.4. The summed E-state index contributed by atoms with van der Waals surface area (Å²) in [6.07, 6.45) is 0. The first kappa shape index (κ1) is 14.2. The third-order valence-corrected chi connectivity index (χ3v) is 1.96. The average Bonchev–Trinajstić information content (AvgIpc) is 2.28. The number of halogens is 1. The number of benzene rings is 1. The van der Waals surface area contributed by atoms with Gasteiger partial charge in [-0.2, -0.15) is 0 Å². The number of ether oxygens (including phenoxy) is 1. The van der Waals surface area contributed by atoms with Crippen molar-refractivity contribution >= 4 is 11.7 Å². The van der Waals surface area contributed by atoms with Gasteiger partial charge in [0.2, 0.25) is 0 Å². The van der Waals surface area contributed by atoms with Crippen molar-refractivity contribution < 1.29 is 13.9 Å². The van der Waals surface area contributed by atoms with Crippen LogP contribution < -0.4 is 10.6 Å². The number of carbonyl (C=O) groups is 1. The highest BCUT2D eigenvalue weighted by atomic mass is 19.1. The second-order valence-electron chi connectivity index (χ2n) is 3.90. The van der Waals surface area contributed by atoms with Gasteiger partial charge in [0.05, 0.1) is 13.2 Å². The SMILES string of the molecule is C=C(C)COCCNC(=O)Nc1cccc(F)c1. The van der Waals surface area contributed by atoms with E-state index in [2.05, 4.69) is 17.2 Å². The molecule has 2 N–H and O–H groups in total. The Balaban J connectivity index is 2.20. The second-order valence-corrected chi connectivity index (χ2v) is 3.90. The molecule has 0 bridgehead atoms. The molecule has 0 aromatic heterocycles. The number of amides is 2. The van der Waals surface area contributed by atoms with E-state index in [-0.39, 0.29) is 6.03 Å². The topological polar surface area (TPSA) is 50.4 Å². The molecule has 1 rings (SSSR count). The molecule has 0 atom stereocenters. The van der Waals surface area contributed by atoms with E-state index in [1.807, 2.05) is 6.92 Å². The van der Waals surface area contributed by atoms with Crippen LogP contribution in [0.15, 0.2) is 36.4 Å². The molecule has 0 heterocycles. The molecule has 0 spiro atoms. The highest BCUT2D eigenvalue weighted by molar-refractivity contribution is 5.89. The van der Waals surface area contributed by atoms with Gasteiger partial charge in [0.15, 0.2) is 0 Å². The van der Waals surface area contributed by atoms with Crippen molar-refractivity contribution in [2.75, 3.05) is 25.1 Å². The molecular formula is C13H17FN2O2. The molecule has 0 aliphatic heterocycles. The number of carbonyl (C=O) groups excluding carboxylic acids is 1. The lowest BCUT2D eigenvalue weighted by atomic mass is 10.3. The lowest BCUT2D eigenvalue weighted by Crippen LogP contribution is -2.31. The van der Waals surface area contributed by atoms with Crippen molar-refractivity contribution in [2.24, 2.45) is 0 Å². The van der Waals surface area contributed by atoms with Gasteiger partial charge in [-0.1, -0.05) is 18.2 Å². The van der Waals surface area contributed by atoms with Gasteiger partial charge < -0.3 is 15.4 Å². The molecule has 0 unspecified atom stereocenters. The smallest absolute Gasteiger partial charge is 0.319 e. The summed E-state index contributed by atoms with van der Waals surface area (Å²) in [7, 11) is 0. The highest BCUT2D eigenvalue weighted by Crippen LogP contribution is 2.08. The molecule has 0 fully saturated rings. The number of hydrogen-bond donors (Lipinski definition) is 2. The van der Waals surface area contributed by atoms with E-state index >= 15 is 0 Å². The molecule has 4 nitrogen and oxygen atoms in total. The van der Waals surface area contributed by atoms with Crippen LogP contribution in [-0.4, -0.2) is 25.8 Å². The summed E-state index contributed by atoms with van der Waals surface area (Å²) in [5.41, 5.74) is 1.34. The van der Waals surface area contributed by atoms with Gasteiger partial charge in [0, 0.05) is 12.2 Å². The predicted molar refractivity (Wildman–Crippen MR) is 69.1 cm³/mol. The van der Waals surface area contributed by atoms with Crippen LogP contribution in [0, 0.1) is 5.82 Å². The molecule has 18 heavy (non-hydrogen) atoms. The Morgan fingerprint density at radius 1 is 1.50 bits per heavy atom. The van der Waals surface area contributed by atoms with Gasteiger partial charge >= 0.3 is 6.03 Å². The summed E-state index contributed by atoms with van der Waals surface area (Å²) in [5.74, 6) is -0.391. The molecule has 0 radical (unpaired) electrons. The number of anilines is 1. The Morgan fingerprint density at radius 2 is 2.28 bits per heavy atom. The molecule has 0 saturated heterocycles. The summed E-state index contributed by atoms with van der Waals surface area (Å²) in [5, 5.41) is 5.12. The summed E-state index contributed by atoms with van der Waals surface area (Å²) in [6.45, 7) is 6.83. The minimum Gasteiger partial charge on any atom is -0.375 e. The first-order valence-electron chi connectivity index (χ1n) is 5.60. The first-order chi connectivity index (χ1) is 8.58. The fourth-order valence-corrected chi connectivity index (χ4v) is 1.22. The van der Waals surface area contributed by atoms with Crippen molar-refractivity contribution in [1.82, 2.24) is 5.32 Å². The van der Waals surface area contributed by atoms with E-state index in [4.69, 9.17) is 4.74 Å². The van der Waals surface area contributed by atoms with E-state index in [0.29, 0.717) is 25.4 Å². The van der Waals surface area contributed by atoms with E-state index in [9.17, 15) is 9.18 Å². The molecule has 2 amide bonds. The molecule has 0 aliphatic rings. The van der Waals surface area contributed by atoms with Gasteiger partial charge in [-0.15, -0.1) is 0 Å². The maximum absolute atomic E-state index is 12.8. The Labute approximate surface area is 106 Å². The quantitative estimate of drug-likeness (QED) is 0.604. The molecule has 0 aliphatic carbocycles. The summed E-state index contributed by atoms with van der Waals surface area (Å²) >= 11 is 0. The Bertz CT molecular complexity index is 421. The molecule has 0 saturated carbocycles. The molecular weight excluding hydrogens is 235 g/mol. The normalized spacial score (nSPS) is 9.89. The van der Waals surface area contributed by atoms with Gasteiger partial charge in [-0.3, -0.25) is 0 Å². The van der Waals surface area contributed by atoms with Crippen LogP contribution >= 0.6 is 0 Å². The van der Waals surface area contributed by atoms with Crippen LogP contribution in [-0.2, 0) is 4.74 Å². The monoisotopic (exact) mass is 252 g/mol.